The lowest BCUT2D eigenvalue weighted by Crippen LogP contribution is -2.62. The van der Waals surface area contributed by atoms with Crippen LogP contribution in [0.1, 0.15) is 35.2 Å². The zero-order valence-electron chi connectivity index (χ0n) is 13.5. The van der Waals surface area contributed by atoms with E-state index in [0.29, 0.717) is 12.0 Å². The molecule has 1 amide bonds. The molecule has 4 nitrogen and oxygen atoms in total. The molecule has 5 heteroatoms. The molecule has 2 aromatic rings. The van der Waals surface area contributed by atoms with Gasteiger partial charge in [0.1, 0.15) is 11.5 Å². The Hall–Kier alpha value is -1.59. The fourth-order valence-electron chi connectivity index (χ4n) is 3.93. The van der Waals surface area contributed by atoms with Crippen LogP contribution < -0.4 is 5.32 Å². The number of piperidine rings is 3. The van der Waals surface area contributed by atoms with Crippen LogP contribution in [0.25, 0.3) is 10.6 Å². The van der Waals surface area contributed by atoms with Crippen molar-refractivity contribution in [1.29, 1.82) is 0 Å². The average molecular weight is 330 g/mol. The third-order valence-corrected chi connectivity index (χ3v) is 6.39. The number of amides is 1. The SMILES string of the molecule is Cc1ccc(-c2ccc(C(=O)NC3C4CCN(CC4)C3C)s2)o1. The first-order valence-corrected chi connectivity index (χ1v) is 9.15. The molecule has 3 aliphatic heterocycles. The number of nitrogens with one attached hydrogen (secondary N) is 1. The minimum atomic E-state index is 0.0510. The lowest BCUT2D eigenvalue weighted by molar-refractivity contribution is 0.0218. The van der Waals surface area contributed by atoms with E-state index in [2.05, 4.69) is 17.1 Å². The number of carbonyl (C=O) groups excluding carboxylic acids is 1. The Morgan fingerprint density at radius 3 is 2.70 bits per heavy atom. The zero-order valence-corrected chi connectivity index (χ0v) is 14.4. The van der Waals surface area contributed by atoms with Gasteiger partial charge >= 0.3 is 0 Å². The Bertz CT molecular complexity index is 710. The highest BCUT2D eigenvalue weighted by molar-refractivity contribution is 7.17. The summed E-state index contributed by atoms with van der Waals surface area (Å²) in [5.41, 5.74) is 0. The maximum absolute atomic E-state index is 12.6. The fraction of sp³-hybridized carbons (Fsp3) is 0.500. The molecular weight excluding hydrogens is 308 g/mol. The van der Waals surface area contributed by atoms with Crippen LogP contribution in [-0.4, -0.2) is 36.0 Å². The van der Waals surface area contributed by atoms with Crippen molar-refractivity contribution < 1.29 is 9.21 Å². The molecule has 0 saturated carbocycles. The molecule has 3 saturated heterocycles. The third kappa shape index (κ3) is 2.72. The van der Waals surface area contributed by atoms with Crippen molar-refractivity contribution in [2.75, 3.05) is 13.1 Å². The number of furan rings is 1. The van der Waals surface area contributed by atoms with Crippen LogP contribution in [0, 0.1) is 12.8 Å². The Balaban J connectivity index is 1.48. The number of aryl methyl sites for hydroxylation is 1. The van der Waals surface area contributed by atoms with Crippen molar-refractivity contribution in [3.05, 3.63) is 34.9 Å². The van der Waals surface area contributed by atoms with E-state index >= 15 is 0 Å². The van der Waals surface area contributed by atoms with E-state index in [0.717, 1.165) is 21.3 Å². The topological polar surface area (TPSA) is 45.5 Å². The molecule has 5 rings (SSSR count). The number of fused-ring (bicyclic) bond motifs is 3. The lowest BCUT2D eigenvalue weighted by atomic mass is 9.79. The molecule has 23 heavy (non-hydrogen) atoms. The average Bonchev–Trinajstić information content (AvgIpc) is 3.20. The molecule has 0 aromatic carbocycles. The largest absolute Gasteiger partial charge is 0.461 e. The van der Waals surface area contributed by atoms with Gasteiger partial charge in [-0.3, -0.25) is 9.69 Å². The van der Waals surface area contributed by atoms with Crippen molar-refractivity contribution in [3.8, 4) is 10.6 Å². The van der Waals surface area contributed by atoms with E-state index in [1.54, 1.807) is 0 Å². The molecule has 2 unspecified atom stereocenters. The second kappa shape index (κ2) is 5.80. The van der Waals surface area contributed by atoms with Crippen LogP contribution in [0.5, 0.6) is 0 Å². The summed E-state index contributed by atoms with van der Waals surface area (Å²) in [7, 11) is 0. The van der Waals surface area contributed by atoms with Crippen LogP contribution in [0.15, 0.2) is 28.7 Å². The predicted molar refractivity (Wildman–Crippen MR) is 91.8 cm³/mol. The van der Waals surface area contributed by atoms with Crippen LogP contribution in [0.3, 0.4) is 0 Å². The molecule has 0 radical (unpaired) electrons. The van der Waals surface area contributed by atoms with Crippen molar-refractivity contribution in [3.63, 3.8) is 0 Å². The van der Waals surface area contributed by atoms with Gasteiger partial charge in [0, 0.05) is 12.1 Å². The summed E-state index contributed by atoms with van der Waals surface area (Å²) in [4.78, 5) is 16.9. The molecule has 1 N–H and O–H groups in total. The van der Waals surface area contributed by atoms with E-state index in [-0.39, 0.29) is 11.9 Å². The summed E-state index contributed by atoms with van der Waals surface area (Å²) in [5, 5.41) is 3.29. The maximum Gasteiger partial charge on any atom is 0.261 e. The number of rotatable bonds is 3. The van der Waals surface area contributed by atoms with E-state index in [1.165, 1.54) is 37.3 Å². The van der Waals surface area contributed by atoms with Gasteiger partial charge in [0.25, 0.3) is 5.91 Å². The van der Waals surface area contributed by atoms with Crippen LogP contribution >= 0.6 is 11.3 Å². The quantitative estimate of drug-likeness (QED) is 0.936. The minimum Gasteiger partial charge on any atom is -0.461 e. The highest BCUT2D eigenvalue weighted by Crippen LogP contribution is 2.33. The monoisotopic (exact) mass is 330 g/mol. The van der Waals surface area contributed by atoms with Gasteiger partial charge < -0.3 is 9.73 Å². The summed E-state index contributed by atoms with van der Waals surface area (Å²) in [6.07, 6.45) is 2.41. The maximum atomic E-state index is 12.6. The van der Waals surface area contributed by atoms with Gasteiger partial charge in [0.15, 0.2) is 0 Å². The van der Waals surface area contributed by atoms with Gasteiger partial charge in [-0.05, 0) is 70.0 Å². The molecule has 5 heterocycles. The summed E-state index contributed by atoms with van der Waals surface area (Å²) in [6, 6.07) is 8.50. The third-order valence-electron chi connectivity index (χ3n) is 5.29. The molecule has 0 aliphatic carbocycles. The Morgan fingerprint density at radius 1 is 1.26 bits per heavy atom. The van der Waals surface area contributed by atoms with E-state index in [9.17, 15) is 4.79 Å². The van der Waals surface area contributed by atoms with Gasteiger partial charge in [-0.1, -0.05) is 0 Å². The molecule has 0 spiro atoms. The summed E-state index contributed by atoms with van der Waals surface area (Å²) in [6.45, 7) is 6.53. The van der Waals surface area contributed by atoms with Crippen LogP contribution in [-0.2, 0) is 0 Å². The van der Waals surface area contributed by atoms with Gasteiger partial charge in [-0.2, -0.15) is 0 Å². The molecule has 2 aromatic heterocycles. The Morgan fingerprint density at radius 2 is 2.04 bits per heavy atom. The van der Waals surface area contributed by atoms with Gasteiger partial charge in [0.2, 0.25) is 0 Å². The summed E-state index contributed by atoms with van der Waals surface area (Å²) in [5.74, 6) is 2.41. The first kappa shape index (κ1) is 15.0. The Labute approximate surface area is 140 Å². The molecular formula is C18H22N2O2S. The first-order chi connectivity index (χ1) is 11.1. The predicted octanol–water partition coefficient (Wildman–Crippen LogP) is 3.53. The molecule has 3 fully saturated rings. The first-order valence-electron chi connectivity index (χ1n) is 8.33. The minimum absolute atomic E-state index is 0.0510. The van der Waals surface area contributed by atoms with Crippen molar-refractivity contribution >= 4 is 17.2 Å². The van der Waals surface area contributed by atoms with Gasteiger partial charge in [0.05, 0.1) is 9.75 Å². The number of hydrogen-bond donors (Lipinski definition) is 1. The zero-order chi connectivity index (χ0) is 16.0. The molecule has 2 bridgehead atoms. The lowest BCUT2D eigenvalue weighted by Gasteiger charge is -2.49. The number of thiophene rings is 1. The van der Waals surface area contributed by atoms with E-state index < -0.39 is 0 Å². The number of hydrogen-bond acceptors (Lipinski definition) is 4. The van der Waals surface area contributed by atoms with Gasteiger partial charge in [-0.15, -0.1) is 11.3 Å². The molecule has 2 atom stereocenters. The summed E-state index contributed by atoms with van der Waals surface area (Å²) < 4.78 is 5.64. The van der Waals surface area contributed by atoms with Crippen molar-refractivity contribution in [2.45, 2.75) is 38.8 Å². The normalized spacial score (nSPS) is 29.7. The second-order valence-corrected chi connectivity index (χ2v) is 7.77. The van der Waals surface area contributed by atoms with Crippen molar-refractivity contribution in [2.24, 2.45) is 5.92 Å². The van der Waals surface area contributed by atoms with Gasteiger partial charge in [-0.25, -0.2) is 0 Å². The highest BCUT2D eigenvalue weighted by Gasteiger charge is 2.40. The summed E-state index contributed by atoms with van der Waals surface area (Å²) >= 11 is 1.50. The van der Waals surface area contributed by atoms with Crippen LogP contribution in [0.4, 0.5) is 0 Å². The number of carbonyl (C=O) groups is 1. The smallest absolute Gasteiger partial charge is 0.261 e. The molecule has 3 aliphatic rings. The van der Waals surface area contributed by atoms with E-state index in [1.807, 2.05) is 31.2 Å². The van der Waals surface area contributed by atoms with Crippen LogP contribution in [0.2, 0.25) is 0 Å². The highest BCUT2D eigenvalue weighted by atomic mass is 32.1. The van der Waals surface area contributed by atoms with E-state index in [4.69, 9.17) is 4.42 Å². The molecule has 122 valence electrons. The van der Waals surface area contributed by atoms with Crippen molar-refractivity contribution in [1.82, 2.24) is 10.2 Å². The standard InChI is InChI=1S/C18H22N2O2S/c1-11-3-4-14(22-11)15-5-6-16(23-15)18(21)19-17-12(2)20-9-7-13(17)8-10-20/h3-6,12-13,17H,7-10H2,1-2H3,(H,19,21). The Kier molecular flexibility index (Phi) is 3.77. The fourth-order valence-corrected chi connectivity index (χ4v) is 4.80. The second-order valence-electron chi connectivity index (χ2n) is 6.69. The number of nitrogens with zero attached hydrogens (tertiary/aromatic N) is 1.